The molecule has 1 unspecified atom stereocenters. The molecule has 1 fully saturated rings. The van der Waals surface area contributed by atoms with E-state index in [1.165, 1.54) is 0 Å². The van der Waals surface area contributed by atoms with E-state index in [9.17, 15) is 4.79 Å². The molecule has 1 heterocycles. The van der Waals surface area contributed by atoms with E-state index in [1.807, 2.05) is 13.0 Å². The molecule has 1 aromatic rings. The Kier molecular flexibility index (Phi) is 2.74. The van der Waals surface area contributed by atoms with E-state index in [4.69, 9.17) is 0 Å². The van der Waals surface area contributed by atoms with Gasteiger partial charge >= 0.3 is 0 Å². The summed E-state index contributed by atoms with van der Waals surface area (Å²) in [6.45, 7) is 6.25. The number of aromatic amines is 1. The summed E-state index contributed by atoms with van der Waals surface area (Å²) in [4.78, 5) is 12.1. The van der Waals surface area contributed by atoms with E-state index >= 15 is 0 Å². The molecule has 0 radical (unpaired) electrons. The van der Waals surface area contributed by atoms with Crippen LogP contribution < -0.4 is 5.32 Å². The van der Waals surface area contributed by atoms with Crippen LogP contribution in [-0.4, -0.2) is 16.1 Å². The maximum Gasteiger partial charge on any atom is 0.229 e. The van der Waals surface area contributed by atoms with Gasteiger partial charge in [0.1, 0.15) is 0 Å². The molecular formula is C12H19N3O. The lowest BCUT2D eigenvalue weighted by atomic mass is 9.81. The Morgan fingerprint density at radius 2 is 2.38 bits per heavy atom. The summed E-state index contributed by atoms with van der Waals surface area (Å²) in [5.74, 6) is 0.851. The summed E-state index contributed by atoms with van der Waals surface area (Å²) in [6, 6.07) is 1.85. The normalized spacial score (nSPS) is 23.3. The van der Waals surface area contributed by atoms with E-state index in [2.05, 4.69) is 29.4 Å². The van der Waals surface area contributed by atoms with Crippen LogP contribution in [-0.2, 0) is 4.79 Å². The molecule has 0 bridgehead atoms. The Hall–Kier alpha value is -1.32. The summed E-state index contributed by atoms with van der Waals surface area (Å²) >= 11 is 0. The molecule has 1 aromatic heterocycles. The summed E-state index contributed by atoms with van der Waals surface area (Å²) in [5, 5.41) is 9.72. The number of amides is 1. The number of rotatable bonds is 2. The van der Waals surface area contributed by atoms with Crippen LogP contribution in [0.25, 0.3) is 0 Å². The molecule has 88 valence electrons. The first-order valence-electron chi connectivity index (χ1n) is 5.82. The molecule has 1 aliphatic carbocycles. The highest BCUT2D eigenvalue weighted by molar-refractivity contribution is 5.92. The minimum Gasteiger partial charge on any atom is -0.309 e. The molecule has 4 heteroatoms. The Morgan fingerprint density at radius 3 is 2.88 bits per heavy atom. The molecule has 4 nitrogen and oxygen atoms in total. The fourth-order valence-electron chi connectivity index (χ4n) is 2.51. The Bertz CT molecular complexity index is 395. The number of hydrogen-bond acceptors (Lipinski definition) is 2. The zero-order chi connectivity index (χ0) is 11.8. The van der Waals surface area contributed by atoms with Crippen LogP contribution in [0.5, 0.6) is 0 Å². The molecule has 0 spiro atoms. The van der Waals surface area contributed by atoms with Gasteiger partial charge in [-0.05, 0) is 25.2 Å². The summed E-state index contributed by atoms with van der Waals surface area (Å²) in [7, 11) is 0. The van der Waals surface area contributed by atoms with Crippen LogP contribution in [0.4, 0.5) is 5.82 Å². The predicted octanol–water partition coefficient (Wildman–Crippen LogP) is 2.48. The van der Waals surface area contributed by atoms with Crippen LogP contribution in [0, 0.1) is 18.3 Å². The van der Waals surface area contributed by atoms with E-state index < -0.39 is 0 Å². The van der Waals surface area contributed by atoms with E-state index in [0.29, 0.717) is 5.82 Å². The van der Waals surface area contributed by atoms with Crippen LogP contribution >= 0.6 is 0 Å². The zero-order valence-electron chi connectivity index (χ0n) is 10.1. The third kappa shape index (κ3) is 2.10. The van der Waals surface area contributed by atoms with Crippen molar-refractivity contribution in [1.82, 2.24) is 10.2 Å². The number of aryl methyl sites for hydroxylation is 1. The second-order valence-corrected chi connectivity index (χ2v) is 5.36. The lowest BCUT2D eigenvalue weighted by molar-refractivity contribution is -0.122. The Labute approximate surface area is 95.8 Å². The predicted molar refractivity (Wildman–Crippen MR) is 63.1 cm³/mol. The van der Waals surface area contributed by atoms with Gasteiger partial charge in [0.15, 0.2) is 5.82 Å². The first-order chi connectivity index (χ1) is 7.49. The van der Waals surface area contributed by atoms with Gasteiger partial charge in [-0.15, -0.1) is 0 Å². The largest absolute Gasteiger partial charge is 0.309 e. The maximum absolute atomic E-state index is 12.1. The van der Waals surface area contributed by atoms with Gasteiger partial charge in [-0.3, -0.25) is 9.89 Å². The molecule has 2 rings (SSSR count). The van der Waals surface area contributed by atoms with Crippen molar-refractivity contribution in [3.63, 3.8) is 0 Å². The zero-order valence-corrected chi connectivity index (χ0v) is 10.1. The van der Waals surface area contributed by atoms with Gasteiger partial charge < -0.3 is 5.32 Å². The molecule has 1 amide bonds. The SMILES string of the molecule is Cc1cc(NC(=O)C2CCCC2(C)C)n[nH]1. The van der Waals surface area contributed by atoms with Crippen molar-refractivity contribution in [2.24, 2.45) is 11.3 Å². The lowest BCUT2D eigenvalue weighted by Gasteiger charge is -2.25. The third-order valence-electron chi connectivity index (χ3n) is 3.53. The van der Waals surface area contributed by atoms with Crippen LogP contribution in [0.3, 0.4) is 0 Å². The number of anilines is 1. The van der Waals surface area contributed by atoms with Gasteiger partial charge in [-0.2, -0.15) is 5.10 Å². The van der Waals surface area contributed by atoms with Gasteiger partial charge in [0.2, 0.25) is 5.91 Å². The second kappa shape index (κ2) is 3.92. The summed E-state index contributed by atoms with van der Waals surface area (Å²) in [5.41, 5.74) is 1.08. The highest BCUT2D eigenvalue weighted by atomic mass is 16.2. The fourth-order valence-corrected chi connectivity index (χ4v) is 2.51. The van der Waals surface area contributed by atoms with Gasteiger partial charge in [-0.25, -0.2) is 0 Å². The number of aromatic nitrogens is 2. The Morgan fingerprint density at radius 1 is 1.62 bits per heavy atom. The number of carbonyl (C=O) groups is 1. The molecule has 1 aliphatic rings. The quantitative estimate of drug-likeness (QED) is 0.806. The smallest absolute Gasteiger partial charge is 0.229 e. The summed E-state index contributed by atoms with van der Waals surface area (Å²) < 4.78 is 0. The van der Waals surface area contributed by atoms with Crippen molar-refractivity contribution >= 4 is 11.7 Å². The van der Waals surface area contributed by atoms with Crippen molar-refractivity contribution in [3.8, 4) is 0 Å². The minimum absolute atomic E-state index is 0.106. The molecule has 0 aromatic carbocycles. The van der Waals surface area contributed by atoms with Crippen LogP contribution in [0.1, 0.15) is 38.8 Å². The van der Waals surface area contributed by atoms with Crippen molar-refractivity contribution in [2.45, 2.75) is 40.0 Å². The van der Waals surface area contributed by atoms with Crippen molar-refractivity contribution < 1.29 is 4.79 Å². The van der Waals surface area contributed by atoms with Crippen LogP contribution in [0.2, 0.25) is 0 Å². The number of H-pyrrole nitrogens is 1. The minimum atomic E-state index is 0.106. The number of nitrogens with one attached hydrogen (secondary N) is 2. The average Bonchev–Trinajstić information content (AvgIpc) is 2.72. The summed E-state index contributed by atoms with van der Waals surface area (Å²) in [6.07, 6.45) is 3.26. The van der Waals surface area contributed by atoms with Crippen LogP contribution in [0.15, 0.2) is 6.07 Å². The maximum atomic E-state index is 12.1. The van der Waals surface area contributed by atoms with Gasteiger partial charge in [0.05, 0.1) is 0 Å². The van der Waals surface area contributed by atoms with Gasteiger partial charge in [0.25, 0.3) is 0 Å². The molecule has 0 saturated heterocycles. The molecule has 0 aliphatic heterocycles. The van der Waals surface area contributed by atoms with E-state index in [-0.39, 0.29) is 17.2 Å². The standard InChI is InChI=1S/C12H19N3O/c1-8-7-10(15-14-8)13-11(16)9-5-4-6-12(9,2)3/h7,9H,4-6H2,1-3H3,(H2,13,14,15,16). The highest BCUT2D eigenvalue weighted by Crippen LogP contribution is 2.42. The third-order valence-corrected chi connectivity index (χ3v) is 3.53. The van der Waals surface area contributed by atoms with E-state index in [0.717, 1.165) is 25.0 Å². The number of hydrogen-bond donors (Lipinski definition) is 2. The monoisotopic (exact) mass is 221 g/mol. The first kappa shape index (κ1) is 11.2. The fraction of sp³-hybridized carbons (Fsp3) is 0.667. The molecule has 1 saturated carbocycles. The van der Waals surface area contributed by atoms with Gasteiger partial charge in [0, 0.05) is 17.7 Å². The molecule has 1 atom stereocenters. The highest BCUT2D eigenvalue weighted by Gasteiger charge is 2.39. The lowest BCUT2D eigenvalue weighted by Crippen LogP contribution is -2.30. The van der Waals surface area contributed by atoms with Crippen molar-refractivity contribution in [1.29, 1.82) is 0 Å². The second-order valence-electron chi connectivity index (χ2n) is 5.36. The van der Waals surface area contributed by atoms with Gasteiger partial charge in [-0.1, -0.05) is 20.3 Å². The van der Waals surface area contributed by atoms with E-state index in [1.54, 1.807) is 0 Å². The van der Waals surface area contributed by atoms with Crippen molar-refractivity contribution in [3.05, 3.63) is 11.8 Å². The topological polar surface area (TPSA) is 57.8 Å². The molecular weight excluding hydrogens is 202 g/mol. The average molecular weight is 221 g/mol. The molecule has 16 heavy (non-hydrogen) atoms. The number of carbonyl (C=O) groups excluding carboxylic acids is 1. The first-order valence-corrected chi connectivity index (χ1v) is 5.82. The molecule has 2 N–H and O–H groups in total. The number of nitrogens with zero attached hydrogens (tertiary/aromatic N) is 1. The van der Waals surface area contributed by atoms with Crippen molar-refractivity contribution in [2.75, 3.05) is 5.32 Å². The Balaban J connectivity index is 2.03.